The number of sulfone groups is 1. The van der Waals surface area contributed by atoms with Crippen molar-refractivity contribution in [3.05, 3.63) is 66.0 Å². The van der Waals surface area contributed by atoms with E-state index in [4.69, 9.17) is 4.74 Å². The highest BCUT2D eigenvalue weighted by Crippen LogP contribution is 2.24. The molecule has 6 nitrogen and oxygen atoms in total. The third kappa shape index (κ3) is 5.41. The van der Waals surface area contributed by atoms with Crippen molar-refractivity contribution in [2.45, 2.75) is 30.3 Å². The number of carbonyl (C=O) groups excluding carboxylic acids is 2. The number of hydrogen-bond acceptors (Lipinski definition) is 5. The van der Waals surface area contributed by atoms with Crippen LogP contribution in [0.25, 0.3) is 0 Å². The molecule has 0 N–H and O–H groups in total. The van der Waals surface area contributed by atoms with Crippen molar-refractivity contribution in [3.8, 4) is 0 Å². The number of nitrogens with zero attached hydrogens (tertiary/aromatic N) is 1. The highest BCUT2D eigenvalue weighted by atomic mass is 32.2. The fraction of sp³-hybridized carbons (Fsp3) is 0.333. The molecule has 0 aliphatic carbocycles. The summed E-state index contributed by atoms with van der Waals surface area (Å²) < 4.78 is 43.1. The maximum absolute atomic E-state index is 13.0. The van der Waals surface area contributed by atoms with Crippen molar-refractivity contribution >= 4 is 21.7 Å². The Kier molecular flexibility index (Phi) is 6.64. The molecule has 29 heavy (non-hydrogen) atoms. The van der Waals surface area contributed by atoms with Crippen LogP contribution in [0.15, 0.2) is 59.5 Å². The lowest BCUT2D eigenvalue weighted by Crippen LogP contribution is -2.35. The van der Waals surface area contributed by atoms with Crippen LogP contribution in [0.5, 0.6) is 0 Å². The minimum Gasteiger partial charge on any atom is -0.447 e. The first-order valence-corrected chi connectivity index (χ1v) is 11.0. The summed E-state index contributed by atoms with van der Waals surface area (Å²) in [6, 6.07) is 13.1. The summed E-state index contributed by atoms with van der Waals surface area (Å²) in [6.07, 6.45) is 0.292. The molecule has 1 aliphatic heterocycles. The Bertz CT molecular complexity index is 954. The van der Waals surface area contributed by atoms with Gasteiger partial charge in [0.1, 0.15) is 5.82 Å². The lowest BCUT2D eigenvalue weighted by atomic mass is 10.1. The molecule has 154 valence electrons. The second-order valence-corrected chi connectivity index (χ2v) is 8.94. The topological polar surface area (TPSA) is 80.7 Å². The van der Waals surface area contributed by atoms with Crippen LogP contribution in [0.1, 0.15) is 30.9 Å². The number of likely N-dealkylation sites (tertiary alicyclic amines) is 1. The van der Waals surface area contributed by atoms with Crippen LogP contribution in [0.3, 0.4) is 0 Å². The van der Waals surface area contributed by atoms with Gasteiger partial charge in [0.05, 0.1) is 17.1 Å². The molecule has 1 amide bonds. The maximum Gasteiger partial charge on any atom is 0.307 e. The van der Waals surface area contributed by atoms with Gasteiger partial charge in [0.15, 0.2) is 9.84 Å². The van der Waals surface area contributed by atoms with E-state index in [2.05, 4.69) is 0 Å². The van der Waals surface area contributed by atoms with Crippen molar-refractivity contribution in [2.75, 3.05) is 18.8 Å². The van der Waals surface area contributed by atoms with Gasteiger partial charge in [-0.2, -0.15) is 0 Å². The minimum atomic E-state index is -3.77. The van der Waals surface area contributed by atoms with Gasteiger partial charge >= 0.3 is 5.97 Å². The first kappa shape index (κ1) is 21.0. The molecule has 1 fully saturated rings. The molecule has 2 aromatic carbocycles. The second kappa shape index (κ2) is 9.17. The van der Waals surface area contributed by atoms with E-state index in [9.17, 15) is 22.4 Å². The van der Waals surface area contributed by atoms with E-state index in [-0.39, 0.29) is 10.8 Å². The number of ether oxygens (including phenoxy) is 1. The molecule has 1 atom stereocenters. The molecule has 3 rings (SSSR count). The number of esters is 1. The third-order valence-electron chi connectivity index (χ3n) is 4.74. The summed E-state index contributed by atoms with van der Waals surface area (Å²) in [4.78, 5) is 26.8. The van der Waals surface area contributed by atoms with E-state index in [1.165, 1.54) is 0 Å². The number of hydrogen-bond donors (Lipinski definition) is 0. The van der Waals surface area contributed by atoms with Gasteiger partial charge in [-0.05, 0) is 37.1 Å². The average Bonchev–Trinajstić information content (AvgIpc) is 3.26. The molecule has 8 heteroatoms. The fourth-order valence-corrected chi connectivity index (χ4v) is 4.38. The van der Waals surface area contributed by atoms with E-state index in [0.29, 0.717) is 18.7 Å². The van der Waals surface area contributed by atoms with Crippen molar-refractivity contribution in [1.29, 1.82) is 0 Å². The molecule has 0 spiro atoms. The van der Waals surface area contributed by atoms with Crippen LogP contribution in [0.4, 0.5) is 4.39 Å². The molecule has 2 aromatic rings. The zero-order valence-electron chi connectivity index (χ0n) is 15.8. The minimum absolute atomic E-state index is 0.0700. The maximum atomic E-state index is 13.0. The number of rotatable bonds is 7. The van der Waals surface area contributed by atoms with Crippen molar-refractivity contribution in [2.24, 2.45) is 0 Å². The van der Waals surface area contributed by atoms with Gasteiger partial charge in [-0.3, -0.25) is 9.59 Å². The van der Waals surface area contributed by atoms with Crippen LogP contribution in [0, 0.1) is 5.82 Å². The Hall–Kier alpha value is -2.74. The van der Waals surface area contributed by atoms with Crippen molar-refractivity contribution < 1.29 is 27.1 Å². The summed E-state index contributed by atoms with van der Waals surface area (Å²) in [6.45, 7) is 1.22. The van der Waals surface area contributed by atoms with Gasteiger partial charge in [0.2, 0.25) is 6.10 Å². The lowest BCUT2D eigenvalue weighted by Gasteiger charge is -2.23. The fourth-order valence-electron chi connectivity index (χ4n) is 3.16. The zero-order valence-corrected chi connectivity index (χ0v) is 16.6. The van der Waals surface area contributed by atoms with Crippen LogP contribution in [-0.4, -0.2) is 44.0 Å². The normalized spacial score (nSPS) is 15.1. The van der Waals surface area contributed by atoms with Gasteiger partial charge in [0, 0.05) is 18.7 Å². The Morgan fingerprint density at radius 3 is 2.24 bits per heavy atom. The van der Waals surface area contributed by atoms with Crippen molar-refractivity contribution in [3.63, 3.8) is 0 Å². The van der Waals surface area contributed by atoms with Crippen LogP contribution in [0.2, 0.25) is 0 Å². The van der Waals surface area contributed by atoms with E-state index >= 15 is 0 Å². The molecule has 0 aromatic heterocycles. The zero-order chi connectivity index (χ0) is 20.9. The standard InChI is InChI=1S/C21H22FNO5S/c22-17-8-10-18(11-9-17)29(26,27)15-12-19(24)28-20(16-6-2-1-3-7-16)21(25)23-13-4-5-14-23/h1-3,6-11,20H,4-5,12-15H2. The number of amides is 1. The second-order valence-electron chi connectivity index (χ2n) is 6.84. The Morgan fingerprint density at radius 1 is 1.00 bits per heavy atom. The number of halogens is 1. The van der Waals surface area contributed by atoms with E-state index in [0.717, 1.165) is 37.1 Å². The van der Waals surface area contributed by atoms with Crippen LogP contribution >= 0.6 is 0 Å². The number of benzene rings is 2. The summed E-state index contributed by atoms with van der Waals surface area (Å²) in [5.41, 5.74) is 0.541. The van der Waals surface area contributed by atoms with E-state index < -0.39 is 39.9 Å². The van der Waals surface area contributed by atoms with E-state index in [1.807, 2.05) is 0 Å². The molecule has 0 saturated carbocycles. The number of carbonyl (C=O) groups is 2. The first-order valence-electron chi connectivity index (χ1n) is 9.38. The predicted molar refractivity (Wildman–Crippen MR) is 104 cm³/mol. The molecule has 1 aliphatic rings. The van der Waals surface area contributed by atoms with Gasteiger partial charge < -0.3 is 9.64 Å². The predicted octanol–water partition coefficient (Wildman–Crippen LogP) is 2.90. The Morgan fingerprint density at radius 2 is 1.62 bits per heavy atom. The largest absolute Gasteiger partial charge is 0.447 e. The lowest BCUT2D eigenvalue weighted by molar-refractivity contribution is -0.160. The van der Waals surface area contributed by atoms with Gasteiger partial charge in [0.25, 0.3) is 5.91 Å². The SMILES string of the molecule is O=C(CCS(=O)(=O)c1ccc(F)cc1)OC(C(=O)N1CCCC1)c1ccccc1. The highest BCUT2D eigenvalue weighted by Gasteiger charge is 2.31. The summed E-state index contributed by atoms with van der Waals surface area (Å²) in [7, 11) is -3.77. The molecular formula is C21H22FNO5S. The van der Waals surface area contributed by atoms with Gasteiger partial charge in [-0.1, -0.05) is 30.3 Å². The molecular weight excluding hydrogens is 397 g/mol. The van der Waals surface area contributed by atoms with Crippen LogP contribution in [-0.2, 0) is 24.2 Å². The van der Waals surface area contributed by atoms with Gasteiger partial charge in [-0.15, -0.1) is 0 Å². The smallest absolute Gasteiger partial charge is 0.307 e. The summed E-state index contributed by atoms with van der Waals surface area (Å²) in [5.74, 6) is -2.12. The highest BCUT2D eigenvalue weighted by molar-refractivity contribution is 7.91. The molecule has 1 unspecified atom stereocenters. The molecule has 0 bridgehead atoms. The third-order valence-corrected chi connectivity index (χ3v) is 6.47. The monoisotopic (exact) mass is 419 g/mol. The Labute approximate surface area is 169 Å². The van der Waals surface area contributed by atoms with Crippen molar-refractivity contribution in [1.82, 2.24) is 4.90 Å². The van der Waals surface area contributed by atoms with E-state index in [1.54, 1.807) is 35.2 Å². The van der Waals surface area contributed by atoms with Crippen LogP contribution < -0.4 is 0 Å². The average molecular weight is 419 g/mol. The summed E-state index contributed by atoms with van der Waals surface area (Å²) in [5, 5.41) is 0. The molecule has 1 heterocycles. The molecule has 1 saturated heterocycles. The molecule has 0 radical (unpaired) electrons. The van der Waals surface area contributed by atoms with Gasteiger partial charge in [-0.25, -0.2) is 12.8 Å². The quantitative estimate of drug-likeness (QED) is 0.509. The Balaban J connectivity index is 1.68. The first-order chi connectivity index (χ1) is 13.9. The summed E-state index contributed by atoms with van der Waals surface area (Å²) >= 11 is 0.